The average Bonchev–Trinajstić information content (AvgIpc) is 3.83. The van der Waals surface area contributed by atoms with Crippen molar-refractivity contribution in [2.24, 2.45) is 0 Å². The molecule has 0 spiro atoms. The number of aromatic nitrogens is 4. The van der Waals surface area contributed by atoms with Crippen molar-refractivity contribution in [3.8, 4) is 62.1 Å². The van der Waals surface area contributed by atoms with Crippen LogP contribution in [0.2, 0.25) is 0 Å². The van der Waals surface area contributed by atoms with Crippen LogP contribution < -0.4 is 0 Å². The molecule has 8 aromatic carbocycles. The second-order valence-electron chi connectivity index (χ2n) is 14.0. The first-order valence-electron chi connectivity index (χ1n) is 18.8. The molecule has 3 aromatic heterocycles. The number of benzene rings is 8. The Labute approximate surface area is 327 Å². The molecule has 0 saturated carbocycles. The summed E-state index contributed by atoms with van der Waals surface area (Å²) in [5.74, 6) is 1.91. The summed E-state index contributed by atoms with van der Waals surface area (Å²) in [6.07, 6.45) is 0. The van der Waals surface area contributed by atoms with Crippen LogP contribution >= 0.6 is 11.3 Å². The van der Waals surface area contributed by atoms with Crippen LogP contribution in [0.1, 0.15) is 0 Å². The zero-order valence-corrected chi connectivity index (χ0v) is 31.0. The molecule has 0 N–H and O–H groups in total. The normalized spacial score (nSPS) is 11.6. The van der Waals surface area contributed by atoms with E-state index in [1.807, 2.05) is 35.6 Å². The Morgan fingerprint density at radius 1 is 0.339 bits per heavy atom. The number of para-hydroxylation sites is 1. The first-order chi connectivity index (χ1) is 27.7. The molecule has 5 heteroatoms. The number of rotatable bonds is 6. The van der Waals surface area contributed by atoms with Gasteiger partial charge in [0.05, 0.1) is 11.0 Å². The van der Waals surface area contributed by atoms with Crippen LogP contribution in [-0.2, 0) is 0 Å². The van der Waals surface area contributed by atoms with Crippen LogP contribution in [0.5, 0.6) is 0 Å². The maximum atomic E-state index is 5.14. The van der Waals surface area contributed by atoms with Crippen molar-refractivity contribution in [2.75, 3.05) is 0 Å². The zero-order chi connectivity index (χ0) is 37.0. The van der Waals surface area contributed by atoms with Gasteiger partial charge < -0.3 is 4.57 Å². The molecule has 0 fully saturated rings. The van der Waals surface area contributed by atoms with E-state index in [1.165, 1.54) is 47.6 Å². The Morgan fingerprint density at radius 3 is 1.66 bits per heavy atom. The lowest BCUT2D eigenvalue weighted by Crippen LogP contribution is -2.00. The van der Waals surface area contributed by atoms with E-state index in [1.54, 1.807) is 0 Å². The van der Waals surface area contributed by atoms with Crippen LogP contribution in [-0.4, -0.2) is 19.5 Å². The SMILES string of the molecule is c1ccc(-c2ccc(-c3nc(-c4ccccc4)nc(-c4ccc5c6ccccc6n(-c6cccc(-c7cccc8sc9ccccc9c78)c6)c5c4)n3)cc2)cc1. The second-order valence-corrected chi connectivity index (χ2v) is 15.1. The second kappa shape index (κ2) is 13.3. The van der Waals surface area contributed by atoms with Crippen molar-refractivity contribution in [1.29, 1.82) is 0 Å². The van der Waals surface area contributed by atoms with Crippen LogP contribution in [0.4, 0.5) is 0 Å². The van der Waals surface area contributed by atoms with Gasteiger partial charge in [-0.2, -0.15) is 0 Å². The lowest BCUT2D eigenvalue weighted by atomic mass is 9.99. The van der Waals surface area contributed by atoms with Crippen molar-refractivity contribution in [2.45, 2.75) is 0 Å². The number of thiophene rings is 1. The van der Waals surface area contributed by atoms with E-state index in [0.717, 1.165) is 39.0 Å². The van der Waals surface area contributed by atoms with Crippen molar-refractivity contribution >= 4 is 53.3 Å². The minimum absolute atomic E-state index is 0.629. The highest BCUT2D eigenvalue weighted by atomic mass is 32.1. The Balaban J connectivity index is 1.08. The highest BCUT2D eigenvalue weighted by molar-refractivity contribution is 7.25. The van der Waals surface area contributed by atoms with Crippen LogP contribution in [0.25, 0.3) is 104 Å². The van der Waals surface area contributed by atoms with Gasteiger partial charge >= 0.3 is 0 Å². The van der Waals surface area contributed by atoms with Gasteiger partial charge in [0.25, 0.3) is 0 Å². The maximum Gasteiger partial charge on any atom is 0.164 e. The molecular weight excluding hydrogens is 701 g/mol. The Morgan fingerprint density at radius 2 is 0.875 bits per heavy atom. The van der Waals surface area contributed by atoms with E-state index < -0.39 is 0 Å². The molecule has 0 saturated heterocycles. The number of hydrogen-bond acceptors (Lipinski definition) is 4. The van der Waals surface area contributed by atoms with Crippen molar-refractivity contribution in [1.82, 2.24) is 19.5 Å². The number of fused-ring (bicyclic) bond motifs is 6. The molecule has 0 bridgehead atoms. The molecule has 0 aliphatic heterocycles. The first kappa shape index (κ1) is 32.2. The Kier molecular flexibility index (Phi) is 7.64. The zero-order valence-electron chi connectivity index (χ0n) is 30.2. The lowest BCUT2D eigenvalue weighted by Gasteiger charge is -2.12. The summed E-state index contributed by atoms with van der Waals surface area (Å²) < 4.78 is 4.99. The number of hydrogen-bond donors (Lipinski definition) is 0. The molecule has 4 nitrogen and oxygen atoms in total. The quantitative estimate of drug-likeness (QED) is 0.171. The number of nitrogens with zero attached hydrogens (tertiary/aromatic N) is 4. The van der Waals surface area contributed by atoms with Gasteiger partial charge in [0, 0.05) is 53.3 Å². The predicted octanol–water partition coefficient (Wildman–Crippen LogP) is 13.7. The molecule has 0 unspecified atom stereocenters. The van der Waals surface area contributed by atoms with Gasteiger partial charge in [-0.3, -0.25) is 0 Å². The Bertz CT molecular complexity index is 3240. The van der Waals surface area contributed by atoms with Gasteiger partial charge in [-0.15, -0.1) is 11.3 Å². The summed E-state index contributed by atoms with van der Waals surface area (Å²) in [4.78, 5) is 15.2. The minimum Gasteiger partial charge on any atom is -0.309 e. The predicted molar refractivity (Wildman–Crippen MR) is 234 cm³/mol. The standard InChI is InChI=1S/C51H32N4S/c1-3-13-33(14-4-1)34-25-27-36(28-26-34)50-52-49(35-15-5-2-6-16-35)53-51(54-50)38-29-30-42-41-19-7-9-22-44(41)55(45(42)32-38)39-18-11-17-37(31-39)40-21-12-24-47-48(40)43-20-8-10-23-46(43)56-47/h1-32H. The topological polar surface area (TPSA) is 43.6 Å². The van der Waals surface area contributed by atoms with E-state index in [9.17, 15) is 0 Å². The molecule has 56 heavy (non-hydrogen) atoms. The molecule has 11 aromatic rings. The van der Waals surface area contributed by atoms with E-state index in [2.05, 4.69) is 174 Å². The summed E-state index contributed by atoms with van der Waals surface area (Å²) in [5.41, 5.74) is 10.9. The molecule has 0 aliphatic carbocycles. The maximum absolute atomic E-state index is 5.14. The van der Waals surface area contributed by atoms with Crippen molar-refractivity contribution in [3.63, 3.8) is 0 Å². The summed E-state index contributed by atoms with van der Waals surface area (Å²) in [6.45, 7) is 0. The third-order valence-corrected chi connectivity index (χ3v) is 11.8. The monoisotopic (exact) mass is 732 g/mol. The smallest absolute Gasteiger partial charge is 0.164 e. The minimum atomic E-state index is 0.629. The molecule has 0 radical (unpaired) electrons. The van der Waals surface area contributed by atoms with Gasteiger partial charge in [0.1, 0.15) is 0 Å². The van der Waals surface area contributed by atoms with Crippen LogP contribution in [0.3, 0.4) is 0 Å². The molecule has 3 heterocycles. The van der Waals surface area contributed by atoms with E-state index in [0.29, 0.717) is 17.5 Å². The first-order valence-corrected chi connectivity index (χ1v) is 19.6. The molecule has 262 valence electrons. The van der Waals surface area contributed by atoms with Gasteiger partial charge in [-0.1, -0.05) is 158 Å². The van der Waals surface area contributed by atoms with Crippen molar-refractivity contribution in [3.05, 3.63) is 194 Å². The van der Waals surface area contributed by atoms with E-state index >= 15 is 0 Å². The van der Waals surface area contributed by atoms with Gasteiger partial charge in [-0.05, 0) is 58.7 Å². The summed E-state index contributed by atoms with van der Waals surface area (Å²) in [6, 6.07) is 68.6. The molecule has 0 amide bonds. The molecular formula is C51H32N4S. The largest absolute Gasteiger partial charge is 0.309 e. The summed E-state index contributed by atoms with van der Waals surface area (Å²) >= 11 is 1.85. The van der Waals surface area contributed by atoms with Crippen LogP contribution in [0.15, 0.2) is 194 Å². The van der Waals surface area contributed by atoms with E-state index in [4.69, 9.17) is 15.0 Å². The van der Waals surface area contributed by atoms with Crippen LogP contribution in [0, 0.1) is 0 Å². The van der Waals surface area contributed by atoms with E-state index in [-0.39, 0.29) is 0 Å². The fourth-order valence-corrected chi connectivity index (χ4v) is 9.14. The highest BCUT2D eigenvalue weighted by Gasteiger charge is 2.18. The Hall–Kier alpha value is -7.21. The fourth-order valence-electron chi connectivity index (χ4n) is 8.01. The van der Waals surface area contributed by atoms with Gasteiger partial charge in [-0.25, -0.2) is 15.0 Å². The third kappa shape index (κ3) is 5.48. The summed E-state index contributed by atoms with van der Waals surface area (Å²) in [7, 11) is 0. The molecule has 11 rings (SSSR count). The molecule has 0 atom stereocenters. The van der Waals surface area contributed by atoms with Gasteiger partial charge in [0.2, 0.25) is 0 Å². The fraction of sp³-hybridized carbons (Fsp3) is 0. The lowest BCUT2D eigenvalue weighted by molar-refractivity contribution is 1.07. The summed E-state index contributed by atoms with van der Waals surface area (Å²) in [5, 5.41) is 4.98. The average molecular weight is 733 g/mol. The third-order valence-electron chi connectivity index (χ3n) is 10.7. The van der Waals surface area contributed by atoms with Gasteiger partial charge in [0.15, 0.2) is 17.5 Å². The highest BCUT2D eigenvalue weighted by Crippen LogP contribution is 2.41. The molecule has 0 aliphatic rings. The van der Waals surface area contributed by atoms with Crippen molar-refractivity contribution < 1.29 is 0 Å².